The van der Waals surface area contributed by atoms with Crippen molar-refractivity contribution in [1.82, 2.24) is 15.1 Å². The van der Waals surface area contributed by atoms with E-state index in [4.69, 9.17) is 4.74 Å². The molecule has 1 saturated heterocycles. The van der Waals surface area contributed by atoms with Gasteiger partial charge in [0.05, 0.1) is 12.1 Å². The van der Waals surface area contributed by atoms with Gasteiger partial charge in [-0.1, -0.05) is 18.2 Å². The van der Waals surface area contributed by atoms with Crippen LogP contribution in [-0.4, -0.2) is 77.2 Å². The number of piperazine rings is 1. The first kappa shape index (κ1) is 18.7. The van der Waals surface area contributed by atoms with Crippen LogP contribution in [0.1, 0.15) is 20.3 Å². The summed E-state index contributed by atoms with van der Waals surface area (Å²) in [7, 11) is 0. The molecule has 0 spiro atoms. The molecule has 1 aromatic carbocycles. The summed E-state index contributed by atoms with van der Waals surface area (Å²) >= 11 is 0. The molecule has 1 aliphatic heterocycles. The number of aliphatic hydroxyl groups excluding tert-OH is 1. The Hall–Kier alpha value is -2.12. The second kappa shape index (κ2) is 8.05. The number of rotatable bonds is 4. The van der Waals surface area contributed by atoms with Gasteiger partial charge in [-0.3, -0.25) is 14.5 Å². The fourth-order valence-corrected chi connectivity index (χ4v) is 3.99. The third kappa shape index (κ3) is 4.16. The summed E-state index contributed by atoms with van der Waals surface area (Å²) in [6.45, 7) is 5.68. The topological polar surface area (TPSA) is 82.1 Å². The van der Waals surface area contributed by atoms with Crippen LogP contribution in [0.2, 0.25) is 0 Å². The molecule has 2 amide bonds. The summed E-state index contributed by atoms with van der Waals surface area (Å²) in [6, 6.07) is 9.01. The average molecular weight is 361 g/mol. The van der Waals surface area contributed by atoms with Crippen LogP contribution in [0.25, 0.3) is 0 Å². The lowest BCUT2D eigenvalue weighted by molar-refractivity contribution is -0.131. The first-order valence-electron chi connectivity index (χ1n) is 9.12. The van der Waals surface area contributed by atoms with Crippen LogP contribution in [0.15, 0.2) is 30.3 Å². The highest BCUT2D eigenvalue weighted by molar-refractivity contribution is 5.73. The maximum absolute atomic E-state index is 11.6. The second-order valence-corrected chi connectivity index (χ2v) is 7.04. The Morgan fingerprint density at radius 2 is 1.77 bits per heavy atom. The van der Waals surface area contributed by atoms with E-state index in [9.17, 15) is 14.7 Å². The lowest BCUT2D eigenvalue weighted by atomic mass is 10.1. The van der Waals surface area contributed by atoms with E-state index in [0.717, 1.165) is 0 Å². The summed E-state index contributed by atoms with van der Waals surface area (Å²) in [5.41, 5.74) is 0. The SMILES string of the molecule is CC(=O)N[C@@H]1C[C@@H](Oc2ccccc2)[C@H](O)[C@H]1N1CCN(C(C)=O)CC1. The number of amides is 2. The largest absolute Gasteiger partial charge is 0.488 e. The van der Waals surface area contributed by atoms with Gasteiger partial charge in [-0.25, -0.2) is 0 Å². The van der Waals surface area contributed by atoms with E-state index in [1.807, 2.05) is 35.2 Å². The molecule has 26 heavy (non-hydrogen) atoms. The molecule has 1 saturated carbocycles. The number of hydrogen-bond donors (Lipinski definition) is 2. The fourth-order valence-electron chi connectivity index (χ4n) is 3.99. The van der Waals surface area contributed by atoms with Crippen LogP contribution in [0, 0.1) is 0 Å². The van der Waals surface area contributed by atoms with E-state index in [2.05, 4.69) is 10.2 Å². The van der Waals surface area contributed by atoms with Gasteiger partial charge in [-0.05, 0) is 12.1 Å². The quantitative estimate of drug-likeness (QED) is 0.803. The van der Waals surface area contributed by atoms with Crippen molar-refractivity contribution in [3.8, 4) is 5.75 Å². The summed E-state index contributed by atoms with van der Waals surface area (Å²) in [6.07, 6.45) is -0.547. The van der Waals surface area contributed by atoms with Crippen molar-refractivity contribution in [3.63, 3.8) is 0 Å². The minimum absolute atomic E-state index is 0.0697. The first-order valence-corrected chi connectivity index (χ1v) is 9.12. The van der Waals surface area contributed by atoms with Gasteiger partial charge in [0.25, 0.3) is 0 Å². The molecule has 4 atom stereocenters. The normalized spacial score (nSPS) is 29.4. The third-order valence-electron chi connectivity index (χ3n) is 5.23. The van der Waals surface area contributed by atoms with E-state index in [-0.39, 0.29) is 30.0 Å². The lowest BCUT2D eigenvalue weighted by Crippen LogP contribution is -2.59. The minimum atomic E-state index is -0.712. The van der Waals surface area contributed by atoms with E-state index < -0.39 is 6.10 Å². The number of nitrogens with zero attached hydrogens (tertiary/aromatic N) is 2. The maximum atomic E-state index is 11.6. The van der Waals surface area contributed by atoms with Crippen LogP contribution in [0.4, 0.5) is 0 Å². The highest BCUT2D eigenvalue weighted by Crippen LogP contribution is 2.30. The van der Waals surface area contributed by atoms with Crippen molar-refractivity contribution in [3.05, 3.63) is 30.3 Å². The number of carbonyl (C=O) groups is 2. The zero-order valence-electron chi connectivity index (χ0n) is 15.3. The highest BCUT2D eigenvalue weighted by atomic mass is 16.5. The van der Waals surface area contributed by atoms with Gasteiger partial charge in [0.2, 0.25) is 11.8 Å². The Kier molecular flexibility index (Phi) is 5.78. The molecule has 7 nitrogen and oxygen atoms in total. The van der Waals surface area contributed by atoms with Crippen molar-refractivity contribution in [2.75, 3.05) is 26.2 Å². The van der Waals surface area contributed by atoms with Crippen molar-refractivity contribution in [2.45, 2.75) is 44.6 Å². The van der Waals surface area contributed by atoms with E-state index in [1.165, 1.54) is 6.92 Å². The van der Waals surface area contributed by atoms with Crippen molar-refractivity contribution in [2.24, 2.45) is 0 Å². The number of nitrogens with one attached hydrogen (secondary N) is 1. The summed E-state index contributed by atoms with van der Waals surface area (Å²) in [5.74, 6) is 0.662. The molecular weight excluding hydrogens is 334 g/mol. The van der Waals surface area contributed by atoms with Crippen LogP contribution in [0.5, 0.6) is 5.75 Å². The number of benzene rings is 1. The molecule has 142 valence electrons. The van der Waals surface area contributed by atoms with Crippen LogP contribution in [0.3, 0.4) is 0 Å². The Labute approximate surface area is 153 Å². The number of carbonyl (C=O) groups excluding carboxylic acids is 2. The van der Waals surface area contributed by atoms with Gasteiger partial charge in [0.1, 0.15) is 18.0 Å². The van der Waals surface area contributed by atoms with E-state index >= 15 is 0 Å². The zero-order chi connectivity index (χ0) is 18.7. The van der Waals surface area contributed by atoms with Crippen LogP contribution < -0.4 is 10.1 Å². The molecule has 1 heterocycles. The van der Waals surface area contributed by atoms with Gasteiger partial charge >= 0.3 is 0 Å². The molecule has 2 fully saturated rings. The average Bonchev–Trinajstić information content (AvgIpc) is 2.90. The molecule has 7 heteroatoms. The van der Waals surface area contributed by atoms with Crippen molar-refractivity contribution in [1.29, 1.82) is 0 Å². The molecule has 1 aromatic rings. The predicted octanol–water partition coefficient (Wildman–Crippen LogP) is 0.236. The van der Waals surface area contributed by atoms with E-state index in [0.29, 0.717) is 38.3 Å². The van der Waals surface area contributed by atoms with E-state index in [1.54, 1.807) is 6.92 Å². The fraction of sp³-hybridized carbons (Fsp3) is 0.579. The van der Waals surface area contributed by atoms with Gasteiger partial charge in [-0.2, -0.15) is 0 Å². The Morgan fingerprint density at radius 1 is 1.12 bits per heavy atom. The first-order chi connectivity index (χ1) is 12.5. The summed E-state index contributed by atoms with van der Waals surface area (Å²) in [5, 5.41) is 13.9. The Morgan fingerprint density at radius 3 is 2.35 bits per heavy atom. The number of ether oxygens (including phenoxy) is 1. The standard InChI is InChI=1S/C19H27N3O4/c1-13(23)20-16-12-17(26-15-6-4-3-5-7-15)19(25)18(16)22-10-8-21(9-11-22)14(2)24/h3-7,16-19,25H,8-12H2,1-2H3,(H,20,23)/t16-,17-,18+,19+/m1/s1. The Bertz CT molecular complexity index is 631. The van der Waals surface area contributed by atoms with Gasteiger partial charge in [-0.15, -0.1) is 0 Å². The van der Waals surface area contributed by atoms with Crippen molar-refractivity contribution >= 4 is 11.8 Å². The second-order valence-electron chi connectivity index (χ2n) is 7.04. The minimum Gasteiger partial charge on any atom is -0.488 e. The molecule has 2 N–H and O–H groups in total. The monoisotopic (exact) mass is 361 g/mol. The summed E-state index contributed by atoms with van der Waals surface area (Å²) < 4.78 is 5.99. The number of para-hydroxylation sites is 1. The molecule has 3 rings (SSSR count). The zero-order valence-corrected chi connectivity index (χ0v) is 15.3. The summed E-state index contributed by atoms with van der Waals surface area (Å²) in [4.78, 5) is 27.1. The van der Waals surface area contributed by atoms with Gasteiger partial charge < -0.3 is 20.1 Å². The highest BCUT2D eigenvalue weighted by Gasteiger charge is 2.47. The molecule has 0 unspecified atom stereocenters. The molecular formula is C19H27N3O4. The smallest absolute Gasteiger partial charge is 0.219 e. The molecule has 0 radical (unpaired) electrons. The maximum Gasteiger partial charge on any atom is 0.219 e. The molecule has 1 aliphatic carbocycles. The third-order valence-corrected chi connectivity index (χ3v) is 5.23. The molecule has 0 bridgehead atoms. The predicted molar refractivity (Wildman–Crippen MR) is 96.7 cm³/mol. The van der Waals surface area contributed by atoms with Gasteiger partial charge in [0.15, 0.2) is 0 Å². The molecule has 0 aromatic heterocycles. The van der Waals surface area contributed by atoms with Crippen LogP contribution in [-0.2, 0) is 9.59 Å². The van der Waals surface area contributed by atoms with Gasteiger partial charge in [0, 0.05) is 46.4 Å². The molecule has 2 aliphatic rings. The number of hydrogen-bond acceptors (Lipinski definition) is 5. The lowest BCUT2D eigenvalue weighted by Gasteiger charge is -2.40. The van der Waals surface area contributed by atoms with Crippen LogP contribution >= 0.6 is 0 Å². The Balaban J connectivity index is 1.71. The number of aliphatic hydroxyl groups is 1. The van der Waals surface area contributed by atoms with Crippen molar-refractivity contribution < 1.29 is 19.4 Å².